The van der Waals surface area contributed by atoms with E-state index in [1.54, 1.807) is 0 Å². The lowest BCUT2D eigenvalue weighted by molar-refractivity contribution is 0.0940. The van der Waals surface area contributed by atoms with Crippen LogP contribution in [0.4, 0.5) is 0 Å². The van der Waals surface area contributed by atoms with E-state index in [1.807, 2.05) is 37.3 Å². The largest absolute Gasteiger partial charge is 0.349 e. The van der Waals surface area contributed by atoms with Crippen molar-refractivity contribution < 1.29 is 4.79 Å². The molecule has 0 aromatic heterocycles. The molecule has 1 heterocycles. The van der Waals surface area contributed by atoms with Crippen molar-refractivity contribution in [3.05, 3.63) is 69.2 Å². The van der Waals surface area contributed by atoms with Gasteiger partial charge >= 0.3 is 0 Å². The maximum atomic E-state index is 12.4. The third-order valence-electron chi connectivity index (χ3n) is 3.93. The van der Waals surface area contributed by atoms with E-state index in [9.17, 15) is 4.79 Å². The fraction of sp³-hybridized carbons (Fsp3) is 0.278. The first-order valence-corrected chi connectivity index (χ1v) is 8.29. The highest BCUT2D eigenvalue weighted by Gasteiger charge is 2.15. The van der Waals surface area contributed by atoms with Gasteiger partial charge in [0.25, 0.3) is 5.91 Å². The molecule has 1 unspecified atom stereocenters. The normalized spacial score (nSPS) is 13.8. The highest BCUT2D eigenvalue weighted by Crippen LogP contribution is 2.17. The standard InChI is InChI=1S/C18H19BrN2O.ClH/c1-12(8-13-2-6-17(19)7-3-13)21-18(22)14-4-5-15-10-20-11-16(15)9-14;/h2-7,9,12,20H,8,10-11H2,1H3,(H,21,22);1H. The Labute approximate surface area is 151 Å². The first-order valence-electron chi connectivity index (χ1n) is 7.49. The zero-order valence-electron chi connectivity index (χ0n) is 12.9. The van der Waals surface area contributed by atoms with Crippen LogP contribution < -0.4 is 10.6 Å². The summed E-state index contributed by atoms with van der Waals surface area (Å²) in [6.45, 7) is 3.79. The van der Waals surface area contributed by atoms with Crippen molar-refractivity contribution in [1.82, 2.24) is 10.6 Å². The molecule has 1 atom stereocenters. The molecule has 1 aliphatic rings. The Hall–Kier alpha value is -1.36. The lowest BCUT2D eigenvalue weighted by Crippen LogP contribution is -2.34. The molecular weight excluding hydrogens is 376 g/mol. The predicted octanol–water partition coefficient (Wildman–Crippen LogP) is 3.84. The maximum absolute atomic E-state index is 12.4. The summed E-state index contributed by atoms with van der Waals surface area (Å²) < 4.78 is 1.07. The van der Waals surface area contributed by atoms with Crippen molar-refractivity contribution in [3.63, 3.8) is 0 Å². The van der Waals surface area contributed by atoms with Gasteiger partial charge in [0.1, 0.15) is 0 Å². The number of rotatable bonds is 4. The highest BCUT2D eigenvalue weighted by atomic mass is 79.9. The van der Waals surface area contributed by atoms with Gasteiger partial charge in [0.15, 0.2) is 0 Å². The SMILES string of the molecule is CC(Cc1ccc(Br)cc1)NC(=O)c1ccc2c(c1)CNC2.Cl. The lowest BCUT2D eigenvalue weighted by Gasteiger charge is -2.14. The van der Waals surface area contributed by atoms with Crippen LogP contribution in [0.15, 0.2) is 46.9 Å². The third-order valence-corrected chi connectivity index (χ3v) is 4.46. The summed E-state index contributed by atoms with van der Waals surface area (Å²) in [5.41, 5.74) is 4.48. The number of carbonyl (C=O) groups is 1. The molecule has 2 N–H and O–H groups in total. The van der Waals surface area contributed by atoms with Crippen molar-refractivity contribution in [1.29, 1.82) is 0 Å². The van der Waals surface area contributed by atoms with E-state index >= 15 is 0 Å². The van der Waals surface area contributed by atoms with Crippen LogP contribution in [-0.2, 0) is 19.5 Å². The average Bonchev–Trinajstić information content (AvgIpc) is 2.97. The second-order valence-electron chi connectivity index (χ2n) is 5.79. The monoisotopic (exact) mass is 394 g/mol. The molecule has 2 aromatic carbocycles. The lowest BCUT2D eigenvalue weighted by atomic mass is 10.0. The minimum atomic E-state index is -0.000637. The molecule has 23 heavy (non-hydrogen) atoms. The number of nitrogens with one attached hydrogen (secondary N) is 2. The molecule has 2 aromatic rings. The Morgan fingerprint density at radius 3 is 2.61 bits per heavy atom. The molecule has 3 nitrogen and oxygen atoms in total. The molecule has 0 spiro atoms. The number of carbonyl (C=O) groups excluding carboxylic acids is 1. The topological polar surface area (TPSA) is 41.1 Å². The second-order valence-corrected chi connectivity index (χ2v) is 6.71. The first kappa shape index (κ1) is 18.0. The van der Waals surface area contributed by atoms with E-state index in [0.717, 1.165) is 29.5 Å². The summed E-state index contributed by atoms with van der Waals surface area (Å²) in [5.74, 6) is -0.000637. The van der Waals surface area contributed by atoms with E-state index < -0.39 is 0 Å². The van der Waals surface area contributed by atoms with Gasteiger partial charge in [0.2, 0.25) is 0 Å². The van der Waals surface area contributed by atoms with Crippen LogP contribution in [0.25, 0.3) is 0 Å². The van der Waals surface area contributed by atoms with Crippen LogP contribution >= 0.6 is 28.3 Å². The molecule has 0 radical (unpaired) electrons. The number of fused-ring (bicyclic) bond motifs is 1. The first-order chi connectivity index (χ1) is 10.6. The zero-order valence-corrected chi connectivity index (χ0v) is 15.3. The molecule has 1 amide bonds. The van der Waals surface area contributed by atoms with Crippen LogP contribution in [0, 0.1) is 0 Å². The van der Waals surface area contributed by atoms with Gasteiger partial charge < -0.3 is 10.6 Å². The Balaban J connectivity index is 0.00000192. The van der Waals surface area contributed by atoms with Crippen LogP contribution in [0.1, 0.15) is 34.0 Å². The quantitative estimate of drug-likeness (QED) is 0.826. The molecule has 122 valence electrons. The Bertz CT molecular complexity index is 688. The fourth-order valence-electron chi connectivity index (χ4n) is 2.77. The van der Waals surface area contributed by atoms with Gasteiger partial charge in [-0.2, -0.15) is 0 Å². The Morgan fingerprint density at radius 1 is 1.17 bits per heavy atom. The number of benzene rings is 2. The summed E-state index contributed by atoms with van der Waals surface area (Å²) in [5, 5.41) is 6.38. The zero-order chi connectivity index (χ0) is 15.5. The fourth-order valence-corrected chi connectivity index (χ4v) is 3.03. The average molecular weight is 396 g/mol. The molecule has 1 aliphatic heterocycles. The van der Waals surface area contributed by atoms with E-state index in [0.29, 0.717) is 0 Å². The van der Waals surface area contributed by atoms with Crippen molar-refractivity contribution in [3.8, 4) is 0 Å². The van der Waals surface area contributed by atoms with E-state index in [4.69, 9.17) is 0 Å². The van der Waals surface area contributed by atoms with E-state index in [2.05, 4.69) is 38.7 Å². The van der Waals surface area contributed by atoms with E-state index in [-0.39, 0.29) is 24.4 Å². The van der Waals surface area contributed by atoms with Gasteiger partial charge in [0.05, 0.1) is 0 Å². The van der Waals surface area contributed by atoms with Crippen molar-refractivity contribution in [2.75, 3.05) is 0 Å². The smallest absolute Gasteiger partial charge is 0.251 e. The third kappa shape index (κ3) is 4.56. The second kappa shape index (κ2) is 7.95. The van der Waals surface area contributed by atoms with Crippen LogP contribution in [-0.4, -0.2) is 11.9 Å². The molecule has 5 heteroatoms. The van der Waals surface area contributed by atoms with E-state index in [1.165, 1.54) is 16.7 Å². The Morgan fingerprint density at radius 2 is 1.87 bits per heavy atom. The highest BCUT2D eigenvalue weighted by molar-refractivity contribution is 9.10. The number of halogens is 2. The summed E-state index contributed by atoms with van der Waals surface area (Å²) in [6, 6.07) is 14.3. The molecule has 0 aliphatic carbocycles. The van der Waals surface area contributed by atoms with Gasteiger partial charge in [0, 0.05) is 29.2 Å². The summed E-state index contributed by atoms with van der Waals surface area (Å²) in [7, 11) is 0. The minimum Gasteiger partial charge on any atom is -0.349 e. The molecule has 0 fully saturated rings. The summed E-state index contributed by atoms with van der Waals surface area (Å²) in [4.78, 5) is 12.4. The summed E-state index contributed by atoms with van der Waals surface area (Å²) >= 11 is 3.43. The number of hydrogen-bond acceptors (Lipinski definition) is 2. The molecule has 3 rings (SSSR count). The molecular formula is C18H20BrClN2O. The number of amides is 1. The molecule has 0 saturated heterocycles. The van der Waals surface area contributed by atoms with Crippen LogP contribution in [0.5, 0.6) is 0 Å². The predicted molar refractivity (Wildman–Crippen MR) is 99.0 cm³/mol. The van der Waals surface area contributed by atoms with Gasteiger partial charge in [-0.3, -0.25) is 4.79 Å². The van der Waals surface area contributed by atoms with Crippen LogP contribution in [0.2, 0.25) is 0 Å². The van der Waals surface area contributed by atoms with Crippen molar-refractivity contribution in [2.45, 2.75) is 32.5 Å². The van der Waals surface area contributed by atoms with Gasteiger partial charge in [-0.15, -0.1) is 12.4 Å². The van der Waals surface area contributed by atoms with Crippen molar-refractivity contribution in [2.24, 2.45) is 0 Å². The summed E-state index contributed by atoms with van der Waals surface area (Å²) in [6.07, 6.45) is 0.825. The van der Waals surface area contributed by atoms with Gasteiger partial charge in [-0.1, -0.05) is 34.1 Å². The van der Waals surface area contributed by atoms with Crippen LogP contribution in [0.3, 0.4) is 0 Å². The number of hydrogen-bond donors (Lipinski definition) is 2. The minimum absolute atomic E-state index is 0. The maximum Gasteiger partial charge on any atom is 0.251 e. The van der Waals surface area contributed by atoms with Crippen molar-refractivity contribution >= 4 is 34.2 Å². The molecule has 0 saturated carbocycles. The molecule has 0 bridgehead atoms. The van der Waals surface area contributed by atoms with Gasteiger partial charge in [-0.05, 0) is 54.3 Å². The Kier molecular flexibility index (Phi) is 6.22. The van der Waals surface area contributed by atoms with Gasteiger partial charge in [-0.25, -0.2) is 0 Å².